The highest BCUT2D eigenvalue weighted by molar-refractivity contribution is 7.80. The molecule has 1 aromatic rings. The van der Waals surface area contributed by atoms with Crippen molar-refractivity contribution in [3.8, 4) is 5.88 Å². The Morgan fingerprint density at radius 3 is 3.22 bits per heavy atom. The van der Waals surface area contributed by atoms with Gasteiger partial charge in [0.15, 0.2) is 0 Å². The van der Waals surface area contributed by atoms with Crippen molar-refractivity contribution in [2.75, 3.05) is 20.2 Å². The molecule has 0 aromatic carbocycles. The lowest BCUT2D eigenvalue weighted by molar-refractivity contribution is 0.194. The first-order valence-electron chi connectivity index (χ1n) is 6.20. The summed E-state index contributed by atoms with van der Waals surface area (Å²) in [6, 6.07) is 3.99. The molecular formula is C13H19N3OS. The maximum absolute atomic E-state index is 5.75. The maximum atomic E-state index is 5.75. The summed E-state index contributed by atoms with van der Waals surface area (Å²) in [5, 5.41) is 0. The van der Waals surface area contributed by atoms with Crippen molar-refractivity contribution in [2.45, 2.75) is 19.4 Å². The summed E-state index contributed by atoms with van der Waals surface area (Å²) in [5.41, 5.74) is 6.86. The van der Waals surface area contributed by atoms with E-state index in [4.69, 9.17) is 22.7 Å². The van der Waals surface area contributed by atoms with Gasteiger partial charge in [-0.05, 0) is 25.5 Å². The van der Waals surface area contributed by atoms with Crippen LogP contribution in [0.3, 0.4) is 0 Å². The van der Waals surface area contributed by atoms with Gasteiger partial charge in [-0.2, -0.15) is 0 Å². The zero-order chi connectivity index (χ0) is 13.0. The van der Waals surface area contributed by atoms with Crippen molar-refractivity contribution in [2.24, 2.45) is 11.7 Å². The Kier molecular flexibility index (Phi) is 4.49. The Balaban J connectivity index is 2.02. The van der Waals surface area contributed by atoms with Gasteiger partial charge in [0.2, 0.25) is 5.88 Å². The first kappa shape index (κ1) is 13.2. The number of nitrogens with two attached hydrogens (primary N) is 1. The fourth-order valence-electron chi connectivity index (χ4n) is 2.40. The number of aromatic nitrogens is 1. The molecule has 2 heterocycles. The molecule has 0 spiro atoms. The zero-order valence-corrected chi connectivity index (χ0v) is 11.4. The Labute approximate surface area is 113 Å². The van der Waals surface area contributed by atoms with Crippen molar-refractivity contribution in [1.29, 1.82) is 0 Å². The molecule has 0 radical (unpaired) electrons. The molecule has 1 atom stereocenters. The van der Waals surface area contributed by atoms with Crippen LogP contribution >= 0.6 is 12.2 Å². The summed E-state index contributed by atoms with van der Waals surface area (Å²) in [4.78, 5) is 7.22. The number of rotatable bonds is 4. The van der Waals surface area contributed by atoms with E-state index in [9.17, 15) is 0 Å². The summed E-state index contributed by atoms with van der Waals surface area (Å²) in [5.74, 6) is 1.05. The molecule has 4 nitrogen and oxygen atoms in total. The van der Waals surface area contributed by atoms with Crippen molar-refractivity contribution in [3.05, 3.63) is 23.9 Å². The van der Waals surface area contributed by atoms with Crippen LogP contribution in [0, 0.1) is 5.92 Å². The molecule has 0 saturated carbocycles. The molecule has 1 aliphatic heterocycles. The highest BCUT2D eigenvalue weighted by Crippen LogP contribution is 2.21. The predicted octanol–water partition coefficient (Wildman–Crippen LogP) is 1.59. The van der Waals surface area contributed by atoms with Gasteiger partial charge in [0, 0.05) is 30.8 Å². The summed E-state index contributed by atoms with van der Waals surface area (Å²) >= 11 is 5.10. The average molecular weight is 265 g/mol. The Morgan fingerprint density at radius 1 is 1.67 bits per heavy atom. The lowest BCUT2D eigenvalue weighted by atomic mass is 9.98. The van der Waals surface area contributed by atoms with Gasteiger partial charge in [0.1, 0.15) is 0 Å². The second kappa shape index (κ2) is 6.11. The minimum Gasteiger partial charge on any atom is -0.481 e. The number of pyridine rings is 1. The summed E-state index contributed by atoms with van der Waals surface area (Å²) in [6.45, 7) is 2.86. The normalized spacial score (nSPS) is 20.6. The topological polar surface area (TPSA) is 51.4 Å². The molecule has 0 bridgehead atoms. The Bertz CT molecular complexity index is 424. The van der Waals surface area contributed by atoms with Crippen LogP contribution in [-0.2, 0) is 6.54 Å². The van der Waals surface area contributed by atoms with Gasteiger partial charge < -0.3 is 10.5 Å². The van der Waals surface area contributed by atoms with E-state index in [1.54, 1.807) is 13.3 Å². The largest absolute Gasteiger partial charge is 0.481 e. The number of hydrogen-bond donors (Lipinski definition) is 1. The third-order valence-electron chi connectivity index (χ3n) is 3.35. The fourth-order valence-corrected chi connectivity index (χ4v) is 2.59. The van der Waals surface area contributed by atoms with Gasteiger partial charge in [-0.25, -0.2) is 4.98 Å². The van der Waals surface area contributed by atoms with E-state index in [0.29, 0.717) is 16.8 Å². The standard InChI is InChI=1S/C13H19N3OS/c1-17-13-11(4-2-6-15-13)9-16-7-3-5-10(8-16)12(14)18/h2,4,6,10H,3,5,7-9H2,1H3,(H2,14,18). The molecule has 5 heteroatoms. The van der Waals surface area contributed by atoms with Crippen LogP contribution in [0.1, 0.15) is 18.4 Å². The summed E-state index contributed by atoms with van der Waals surface area (Å²) in [6.07, 6.45) is 4.00. The van der Waals surface area contributed by atoms with E-state index in [1.165, 1.54) is 0 Å². The van der Waals surface area contributed by atoms with Gasteiger partial charge in [0.05, 0.1) is 12.1 Å². The van der Waals surface area contributed by atoms with E-state index >= 15 is 0 Å². The first-order valence-corrected chi connectivity index (χ1v) is 6.61. The molecular weight excluding hydrogens is 246 g/mol. The van der Waals surface area contributed by atoms with Crippen LogP contribution in [0.2, 0.25) is 0 Å². The van der Waals surface area contributed by atoms with Crippen LogP contribution in [0.4, 0.5) is 0 Å². The molecule has 98 valence electrons. The van der Waals surface area contributed by atoms with Gasteiger partial charge in [-0.15, -0.1) is 0 Å². The van der Waals surface area contributed by atoms with Gasteiger partial charge in [0.25, 0.3) is 0 Å². The second-order valence-corrected chi connectivity index (χ2v) is 5.12. The SMILES string of the molecule is COc1ncccc1CN1CCCC(C(N)=S)C1. The molecule has 0 aliphatic carbocycles. The number of hydrogen-bond acceptors (Lipinski definition) is 4. The van der Waals surface area contributed by atoms with E-state index < -0.39 is 0 Å². The van der Waals surface area contributed by atoms with Crippen molar-refractivity contribution < 1.29 is 4.74 Å². The van der Waals surface area contributed by atoms with Crippen LogP contribution in [0.5, 0.6) is 5.88 Å². The lowest BCUT2D eigenvalue weighted by Crippen LogP contribution is -2.40. The van der Waals surface area contributed by atoms with E-state index in [2.05, 4.69) is 16.0 Å². The molecule has 1 saturated heterocycles. The highest BCUT2D eigenvalue weighted by Gasteiger charge is 2.22. The predicted molar refractivity (Wildman–Crippen MR) is 75.6 cm³/mol. The van der Waals surface area contributed by atoms with Gasteiger partial charge in [-0.1, -0.05) is 18.3 Å². The number of piperidine rings is 1. The molecule has 2 N–H and O–H groups in total. The number of ether oxygens (including phenoxy) is 1. The van der Waals surface area contributed by atoms with Gasteiger partial charge in [-0.3, -0.25) is 4.90 Å². The molecule has 2 rings (SSSR count). The third kappa shape index (κ3) is 3.17. The molecule has 1 fully saturated rings. The molecule has 1 aliphatic rings. The summed E-state index contributed by atoms with van der Waals surface area (Å²) in [7, 11) is 1.65. The maximum Gasteiger partial charge on any atom is 0.217 e. The average Bonchev–Trinajstić information content (AvgIpc) is 2.39. The fraction of sp³-hybridized carbons (Fsp3) is 0.538. The monoisotopic (exact) mass is 265 g/mol. The van der Waals surface area contributed by atoms with E-state index in [-0.39, 0.29) is 0 Å². The molecule has 1 unspecified atom stereocenters. The van der Waals surface area contributed by atoms with Crippen LogP contribution in [0.25, 0.3) is 0 Å². The number of thiocarbonyl (C=S) groups is 1. The smallest absolute Gasteiger partial charge is 0.217 e. The minimum atomic E-state index is 0.344. The van der Waals surface area contributed by atoms with Crippen molar-refractivity contribution >= 4 is 17.2 Å². The quantitative estimate of drug-likeness (QED) is 0.838. The van der Waals surface area contributed by atoms with E-state index in [1.807, 2.05) is 6.07 Å². The van der Waals surface area contributed by atoms with Gasteiger partial charge >= 0.3 is 0 Å². The Hall–Kier alpha value is -1.20. The van der Waals surface area contributed by atoms with E-state index in [0.717, 1.165) is 38.0 Å². The lowest BCUT2D eigenvalue weighted by Gasteiger charge is -2.32. The van der Waals surface area contributed by atoms with Crippen LogP contribution in [-0.4, -0.2) is 35.1 Å². The molecule has 18 heavy (non-hydrogen) atoms. The van der Waals surface area contributed by atoms with Crippen LogP contribution < -0.4 is 10.5 Å². The zero-order valence-electron chi connectivity index (χ0n) is 10.6. The molecule has 1 aromatic heterocycles. The molecule has 0 amide bonds. The third-order valence-corrected chi connectivity index (χ3v) is 3.68. The summed E-state index contributed by atoms with van der Waals surface area (Å²) < 4.78 is 5.27. The van der Waals surface area contributed by atoms with Crippen LogP contribution in [0.15, 0.2) is 18.3 Å². The number of nitrogens with zero attached hydrogens (tertiary/aromatic N) is 2. The van der Waals surface area contributed by atoms with Crippen molar-refractivity contribution in [3.63, 3.8) is 0 Å². The number of likely N-dealkylation sites (tertiary alicyclic amines) is 1. The number of methoxy groups -OCH3 is 1. The Morgan fingerprint density at radius 2 is 2.50 bits per heavy atom. The highest BCUT2D eigenvalue weighted by atomic mass is 32.1. The van der Waals surface area contributed by atoms with Crippen molar-refractivity contribution in [1.82, 2.24) is 9.88 Å². The second-order valence-electron chi connectivity index (χ2n) is 4.65. The first-order chi connectivity index (χ1) is 8.70. The minimum absolute atomic E-state index is 0.344.